The Morgan fingerprint density at radius 1 is 1.12 bits per heavy atom. The van der Waals surface area contributed by atoms with Crippen LogP contribution in [0.4, 0.5) is 23.7 Å². The molecule has 1 unspecified atom stereocenters. The van der Waals surface area contributed by atoms with Crippen molar-refractivity contribution in [1.29, 1.82) is 0 Å². The molecule has 0 spiro atoms. The number of aliphatic hydroxyl groups is 1. The lowest BCUT2D eigenvalue weighted by Crippen LogP contribution is -2.42. The number of aliphatic hydroxyl groups excluding tert-OH is 1. The number of nitrogens with two attached hydrogens (primary N) is 1. The smallest absolute Gasteiger partial charge is 0.475 e. The Bertz CT molecular complexity index is 1430. The van der Waals surface area contributed by atoms with Crippen LogP contribution in [-0.4, -0.2) is 65.2 Å². The van der Waals surface area contributed by atoms with E-state index < -0.39 is 24.3 Å². The van der Waals surface area contributed by atoms with Crippen LogP contribution >= 0.6 is 0 Å². The Morgan fingerprint density at radius 3 is 2.42 bits per heavy atom. The number of halogens is 3. The minimum atomic E-state index is -5.08. The van der Waals surface area contributed by atoms with E-state index >= 15 is 0 Å². The summed E-state index contributed by atoms with van der Waals surface area (Å²) in [6.07, 6.45) is -3.31. The molecule has 0 saturated heterocycles. The van der Waals surface area contributed by atoms with Crippen LogP contribution in [0, 0.1) is 0 Å². The van der Waals surface area contributed by atoms with Crippen LogP contribution in [0.25, 0.3) is 10.8 Å². The number of rotatable bonds is 5. The molecular weight excluding hydrogens is 533 g/mol. The zero-order chi connectivity index (χ0) is 29.4. The topological polar surface area (TPSA) is 155 Å². The first kappa shape index (κ1) is 29.9. The summed E-state index contributed by atoms with van der Waals surface area (Å²) in [6.45, 7) is 2.26. The maximum absolute atomic E-state index is 12.9. The SMILES string of the molecule is CCOC(=O)N1CCc2ccc(NC(=O)c3ccc4cc(C=NN)ccc4c3)cc2C1CO.O=C(O)C(F)(F)F. The Morgan fingerprint density at radius 2 is 1.80 bits per heavy atom. The molecule has 1 aliphatic rings. The Hall–Kier alpha value is -4.65. The molecule has 0 aromatic heterocycles. The van der Waals surface area contributed by atoms with Gasteiger partial charge in [-0.1, -0.05) is 24.3 Å². The highest BCUT2D eigenvalue weighted by atomic mass is 19.4. The molecule has 3 aromatic rings. The van der Waals surface area contributed by atoms with Gasteiger partial charge in [0, 0.05) is 17.8 Å². The predicted molar refractivity (Wildman–Crippen MR) is 141 cm³/mol. The summed E-state index contributed by atoms with van der Waals surface area (Å²) in [7, 11) is 0. The minimum Gasteiger partial charge on any atom is -0.475 e. The summed E-state index contributed by atoms with van der Waals surface area (Å²) in [6, 6.07) is 16.3. The van der Waals surface area contributed by atoms with Crippen LogP contribution in [0.15, 0.2) is 59.7 Å². The molecule has 5 N–H and O–H groups in total. The fourth-order valence-electron chi connectivity index (χ4n) is 4.17. The van der Waals surface area contributed by atoms with Gasteiger partial charge in [-0.2, -0.15) is 18.3 Å². The van der Waals surface area contributed by atoms with Crippen LogP contribution in [0.1, 0.15) is 40.0 Å². The van der Waals surface area contributed by atoms with E-state index in [1.807, 2.05) is 48.5 Å². The average molecular weight is 561 g/mol. The van der Waals surface area contributed by atoms with Gasteiger partial charge in [-0.3, -0.25) is 9.69 Å². The first-order chi connectivity index (χ1) is 19.0. The first-order valence-corrected chi connectivity index (χ1v) is 12.0. The molecule has 0 saturated carbocycles. The van der Waals surface area contributed by atoms with Gasteiger partial charge < -0.3 is 26.1 Å². The number of aliphatic carboxylic acids is 1. The molecule has 0 aliphatic carbocycles. The highest BCUT2D eigenvalue weighted by molar-refractivity contribution is 6.06. The number of anilines is 1. The molecule has 1 atom stereocenters. The molecule has 0 bridgehead atoms. The largest absolute Gasteiger partial charge is 0.490 e. The predicted octanol–water partition coefficient (Wildman–Crippen LogP) is 4.07. The number of carboxylic acids is 1. The fraction of sp³-hybridized carbons (Fsp3) is 0.259. The quantitative estimate of drug-likeness (QED) is 0.208. The molecule has 10 nitrogen and oxygen atoms in total. The number of carbonyl (C=O) groups is 3. The van der Waals surface area contributed by atoms with Crippen molar-refractivity contribution in [2.75, 3.05) is 25.1 Å². The van der Waals surface area contributed by atoms with Crippen LogP contribution < -0.4 is 11.2 Å². The van der Waals surface area contributed by atoms with Gasteiger partial charge in [0.1, 0.15) is 0 Å². The van der Waals surface area contributed by atoms with Crippen molar-refractivity contribution in [2.24, 2.45) is 10.9 Å². The number of carboxylic acid groups (broad SMARTS) is 1. The standard InChI is InChI=1S/C25H26N4O4.C2HF3O2/c1-2-33-25(32)29-10-9-17-7-8-21(13-22(17)23(29)15-30)28-24(31)20-6-5-18-11-16(14-27-26)3-4-19(18)12-20;3-2(4,5)1(6)7/h3-8,11-14,23,30H,2,9-10,15,26H2,1H3,(H,28,31);(H,6,7). The summed E-state index contributed by atoms with van der Waals surface area (Å²) in [5, 5.41) is 25.5. The van der Waals surface area contributed by atoms with Crippen molar-refractivity contribution >= 4 is 40.6 Å². The highest BCUT2D eigenvalue weighted by Crippen LogP contribution is 2.32. The van der Waals surface area contributed by atoms with Crippen molar-refractivity contribution in [3.63, 3.8) is 0 Å². The Balaban J connectivity index is 0.000000559. The van der Waals surface area contributed by atoms with Gasteiger partial charge in [0.05, 0.1) is 25.5 Å². The van der Waals surface area contributed by atoms with E-state index in [1.165, 1.54) is 4.90 Å². The molecule has 13 heteroatoms. The number of hydrogen-bond acceptors (Lipinski definition) is 7. The third-order valence-electron chi connectivity index (χ3n) is 6.03. The monoisotopic (exact) mass is 560 g/mol. The highest BCUT2D eigenvalue weighted by Gasteiger charge is 2.38. The van der Waals surface area contributed by atoms with E-state index in [2.05, 4.69) is 10.4 Å². The molecule has 0 radical (unpaired) electrons. The number of fused-ring (bicyclic) bond motifs is 2. The third kappa shape index (κ3) is 7.26. The number of alkyl halides is 3. The van der Waals surface area contributed by atoms with Gasteiger partial charge in [-0.15, -0.1) is 0 Å². The Kier molecular flexibility index (Phi) is 9.67. The van der Waals surface area contributed by atoms with E-state index in [4.69, 9.17) is 20.5 Å². The van der Waals surface area contributed by atoms with Gasteiger partial charge in [0.25, 0.3) is 5.91 Å². The zero-order valence-corrected chi connectivity index (χ0v) is 21.3. The van der Waals surface area contributed by atoms with Crippen molar-refractivity contribution in [1.82, 2.24) is 4.90 Å². The van der Waals surface area contributed by atoms with E-state index in [9.17, 15) is 27.9 Å². The Labute approximate surface area is 226 Å². The minimum absolute atomic E-state index is 0.231. The van der Waals surface area contributed by atoms with Crippen LogP contribution in [-0.2, 0) is 16.0 Å². The van der Waals surface area contributed by atoms with Crippen molar-refractivity contribution < 1.29 is 42.5 Å². The van der Waals surface area contributed by atoms with Crippen LogP contribution in [0.5, 0.6) is 0 Å². The summed E-state index contributed by atoms with van der Waals surface area (Å²) in [5.41, 5.74) is 3.84. The molecule has 4 rings (SSSR count). The molecular formula is C27H27F3N4O6. The summed E-state index contributed by atoms with van der Waals surface area (Å²) >= 11 is 0. The number of hydrazone groups is 1. The number of nitrogens with one attached hydrogen (secondary N) is 1. The lowest BCUT2D eigenvalue weighted by molar-refractivity contribution is -0.192. The average Bonchev–Trinajstić information content (AvgIpc) is 2.92. The second-order valence-electron chi connectivity index (χ2n) is 8.61. The number of ether oxygens (including phenoxy) is 1. The van der Waals surface area contributed by atoms with Crippen LogP contribution in [0.3, 0.4) is 0 Å². The van der Waals surface area contributed by atoms with Gasteiger partial charge >= 0.3 is 18.2 Å². The van der Waals surface area contributed by atoms with E-state index in [-0.39, 0.29) is 19.1 Å². The normalized spacial score (nSPS) is 14.7. The number of carbonyl (C=O) groups excluding carboxylic acids is 2. The third-order valence-corrected chi connectivity index (χ3v) is 6.03. The summed E-state index contributed by atoms with van der Waals surface area (Å²) in [5.74, 6) is 2.21. The van der Waals surface area contributed by atoms with Crippen molar-refractivity contribution in [2.45, 2.75) is 25.6 Å². The number of amides is 2. The maximum Gasteiger partial charge on any atom is 0.490 e. The number of hydrogen-bond donors (Lipinski definition) is 4. The summed E-state index contributed by atoms with van der Waals surface area (Å²) in [4.78, 5) is 35.6. The van der Waals surface area contributed by atoms with Crippen molar-refractivity contribution in [3.8, 4) is 0 Å². The van der Waals surface area contributed by atoms with Crippen LogP contribution in [0.2, 0.25) is 0 Å². The number of nitrogens with zero attached hydrogens (tertiary/aromatic N) is 2. The van der Waals surface area contributed by atoms with Gasteiger partial charge in [0.15, 0.2) is 0 Å². The summed E-state index contributed by atoms with van der Waals surface area (Å²) < 4.78 is 36.9. The molecule has 1 heterocycles. The van der Waals surface area contributed by atoms with E-state index in [0.29, 0.717) is 24.2 Å². The van der Waals surface area contributed by atoms with E-state index in [1.54, 1.807) is 19.2 Å². The molecule has 40 heavy (non-hydrogen) atoms. The molecule has 1 aliphatic heterocycles. The second-order valence-corrected chi connectivity index (χ2v) is 8.61. The van der Waals surface area contributed by atoms with E-state index in [0.717, 1.165) is 27.5 Å². The molecule has 2 amide bonds. The molecule has 212 valence electrons. The maximum atomic E-state index is 12.9. The zero-order valence-electron chi connectivity index (χ0n) is 21.3. The van der Waals surface area contributed by atoms with Gasteiger partial charge in [-0.25, -0.2) is 9.59 Å². The lowest BCUT2D eigenvalue weighted by Gasteiger charge is -2.35. The first-order valence-electron chi connectivity index (χ1n) is 12.0. The van der Waals surface area contributed by atoms with Gasteiger partial charge in [0.2, 0.25) is 0 Å². The number of benzene rings is 3. The van der Waals surface area contributed by atoms with Gasteiger partial charge in [-0.05, 0) is 71.1 Å². The van der Waals surface area contributed by atoms with Crippen molar-refractivity contribution in [3.05, 3.63) is 76.9 Å². The lowest BCUT2D eigenvalue weighted by atomic mass is 9.92. The molecule has 0 fully saturated rings. The second kappa shape index (κ2) is 12.9. The molecule has 3 aromatic carbocycles. The fourth-order valence-corrected chi connectivity index (χ4v) is 4.17.